The summed E-state index contributed by atoms with van der Waals surface area (Å²) in [6, 6.07) is 24.1. The number of likely N-dealkylation sites (tertiary alicyclic amines) is 1. The molecule has 9 heteroatoms. The Morgan fingerprint density at radius 2 is 1.63 bits per heavy atom. The van der Waals surface area contributed by atoms with Gasteiger partial charge in [-0.1, -0.05) is 54.6 Å². The minimum Gasteiger partial charge on any atom is -0.495 e. The van der Waals surface area contributed by atoms with Crippen LogP contribution in [0.5, 0.6) is 5.75 Å². The molecule has 2 fully saturated rings. The van der Waals surface area contributed by atoms with Crippen LogP contribution in [0, 0.1) is 5.92 Å². The molecule has 1 amide bonds. The van der Waals surface area contributed by atoms with Crippen molar-refractivity contribution in [2.45, 2.75) is 44.6 Å². The number of ether oxygens (including phenoxy) is 1. The minimum atomic E-state index is -4.40. The standard InChI is InChI=1S/C34H41F3N4O2/c1-43-32-13-6-5-12-31(32)41-20-18-40(19-21-41)30-16-17-39(24-26-8-3-2-4-9-26)25-28(30)14-15-33(42)38-23-27-10-7-11-29(22-27)34(35,36)37/h2-13,22,28,30H,14-21,23-25H2,1H3,(H,38,42)/t28-,30+/m0/s1. The first-order valence-corrected chi connectivity index (χ1v) is 15.1. The average Bonchev–Trinajstić information content (AvgIpc) is 3.03. The van der Waals surface area contributed by atoms with Crippen LogP contribution < -0.4 is 15.0 Å². The van der Waals surface area contributed by atoms with Gasteiger partial charge >= 0.3 is 6.18 Å². The summed E-state index contributed by atoms with van der Waals surface area (Å²) in [5, 5.41) is 2.85. The number of benzene rings is 3. The van der Waals surface area contributed by atoms with E-state index in [1.807, 2.05) is 24.3 Å². The molecule has 0 spiro atoms. The molecule has 6 nitrogen and oxygen atoms in total. The molecule has 2 saturated heterocycles. The Balaban J connectivity index is 1.20. The van der Waals surface area contributed by atoms with Gasteiger partial charge in [-0.3, -0.25) is 14.6 Å². The molecule has 0 aromatic heterocycles. The number of carbonyl (C=O) groups is 1. The van der Waals surface area contributed by atoms with Crippen molar-refractivity contribution >= 4 is 11.6 Å². The van der Waals surface area contributed by atoms with Gasteiger partial charge in [0.1, 0.15) is 5.75 Å². The highest BCUT2D eigenvalue weighted by Gasteiger charge is 2.35. The van der Waals surface area contributed by atoms with Crippen molar-refractivity contribution in [3.8, 4) is 5.75 Å². The number of rotatable bonds is 10. The van der Waals surface area contributed by atoms with Gasteiger partial charge < -0.3 is 15.0 Å². The smallest absolute Gasteiger partial charge is 0.416 e. The maximum atomic E-state index is 13.1. The van der Waals surface area contributed by atoms with Gasteiger partial charge in [0.05, 0.1) is 18.4 Å². The van der Waals surface area contributed by atoms with Crippen molar-refractivity contribution in [3.63, 3.8) is 0 Å². The van der Waals surface area contributed by atoms with E-state index in [1.165, 1.54) is 11.6 Å². The van der Waals surface area contributed by atoms with Crippen LogP contribution in [0.3, 0.4) is 0 Å². The second-order valence-electron chi connectivity index (χ2n) is 11.5. The number of hydrogen-bond acceptors (Lipinski definition) is 5. The van der Waals surface area contributed by atoms with Crippen LogP contribution in [0.1, 0.15) is 36.0 Å². The molecule has 2 atom stereocenters. The maximum absolute atomic E-state index is 13.1. The average molecular weight is 595 g/mol. The van der Waals surface area contributed by atoms with E-state index in [1.54, 1.807) is 13.2 Å². The molecule has 2 aliphatic rings. The number of amides is 1. The predicted octanol–water partition coefficient (Wildman–Crippen LogP) is 5.82. The summed E-state index contributed by atoms with van der Waals surface area (Å²) in [5.74, 6) is 1.08. The highest BCUT2D eigenvalue weighted by molar-refractivity contribution is 5.75. The van der Waals surface area contributed by atoms with Gasteiger partial charge in [-0.2, -0.15) is 13.2 Å². The number of hydrogen-bond donors (Lipinski definition) is 1. The molecule has 5 rings (SSSR count). The van der Waals surface area contributed by atoms with E-state index in [0.29, 0.717) is 23.9 Å². The summed E-state index contributed by atoms with van der Waals surface area (Å²) in [7, 11) is 1.71. The summed E-state index contributed by atoms with van der Waals surface area (Å²) in [6.45, 7) is 6.59. The number of piperazine rings is 1. The first-order chi connectivity index (χ1) is 20.8. The van der Waals surface area contributed by atoms with Crippen molar-refractivity contribution in [1.82, 2.24) is 15.1 Å². The number of para-hydroxylation sites is 2. The lowest BCUT2D eigenvalue weighted by Crippen LogP contribution is -2.56. The first kappa shape index (κ1) is 30.9. The number of nitrogens with zero attached hydrogens (tertiary/aromatic N) is 3. The third-order valence-electron chi connectivity index (χ3n) is 8.72. The number of piperidine rings is 1. The zero-order chi connectivity index (χ0) is 30.2. The lowest BCUT2D eigenvalue weighted by Gasteiger charge is -2.47. The van der Waals surface area contributed by atoms with E-state index in [0.717, 1.165) is 82.2 Å². The van der Waals surface area contributed by atoms with Gasteiger partial charge in [-0.05, 0) is 60.7 Å². The zero-order valence-electron chi connectivity index (χ0n) is 24.7. The summed E-state index contributed by atoms with van der Waals surface area (Å²) >= 11 is 0. The lowest BCUT2D eigenvalue weighted by atomic mass is 9.86. The third-order valence-corrected chi connectivity index (χ3v) is 8.72. The molecule has 1 N–H and O–H groups in total. The van der Waals surface area contributed by atoms with Gasteiger partial charge in [0.15, 0.2) is 0 Å². The van der Waals surface area contributed by atoms with Crippen molar-refractivity contribution in [1.29, 1.82) is 0 Å². The van der Waals surface area contributed by atoms with Crippen LogP contribution in [0.4, 0.5) is 18.9 Å². The van der Waals surface area contributed by atoms with E-state index in [9.17, 15) is 18.0 Å². The van der Waals surface area contributed by atoms with Gasteiger partial charge in [0.25, 0.3) is 0 Å². The van der Waals surface area contributed by atoms with Crippen molar-refractivity contribution in [2.75, 3.05) is 51.3 Å². The molecule has 0 unspecified atom stereocenters. The normalized spacial score (nSPS) is 20.1. The Labute approximate surface area is 252 Å². The highest BCUT2D eigenvalue weighted by atomic mass is 19.4. The topological polar surface area (TPSA) is 48.1 Å². The predicted molar refractivity (Wildman–Crippen MR) is 163 cm³/mol. The molecule has 0 saturated carbocycles. The van der Waals surface area contributed by atoms with Crippen LogP contribution in [-0.4, -0.2) is 68.1 Å². The minimum absolute atomic E-state index is 0.0852. The van der Waals surface area contributed by atoms with Crippen molar-refractivity contribution in [3.05, 3.63) is 95.6 Å². The van der Waals surface area contributed by atoms with Gasteiger partial charge in [0.2, 0.25) is 5.91 Å². The lowest BCUT2D eigenvalue weighted by molar-refractivity contribution is -0.137. The molecular formula is C34H41F3N4O2. The fourth-order valence-corrected chi connectivity index (χ4v) is 6.49. The molecular weight excluding hydrogens is 553 g/mol. The maximum Gasteiger partial charge on any atom is 0.416 e. The zero-order valence-corrected chi connectivity index (χ0v) is 24.7. The van der Waals surface area contributed by atoms with Gasteiger partial charge in [-0.25, -0.2) is 0 Å². The number of anilines is 1. The van der Waals surface area contributed by atoms with E-state index in [-0.39, 0.29) is 12.5 Å². The second-order valence-corrected chi connectivity index (χ2v) is 11.5. The molecule has 3 aromatic carbocycles. The first-order valence-electron chi connectivity index (χ1n) is 15.1. The Morgan fingerprint density at radius 3 is 2.37 bits per heavy atom. The van der Waals surface area contributed by atoms with Crippen LogP contribution >= 0.6 is 0 Å². The van der Waals surface area contributed by atoms with Crippen molar-refractivity contribution < 1.29 is 22.7 Å². The van der Waals surface area contributed by atoms with Crippen LogP contribution in [0.25, 0.3) is 0 Å². The van der Waals surface area contributed by atoms with Crippen molar-refractivity contribution in [2.24, 2.45) is 5.92 Å². The quantitative estimate of drug-likeness (QED) is 0.321. The Kier molecular flexibility index (Phi) is 10.3. The molecule has 2 aliphatic heterocycles. The van der Waals surface area contributed by atoms with Crippen LogP contribution in [0.2, 0.25) is 0 Å². The van der Waals surface area contributed by atoms with Gasteiger partial charge in [-0.15, -0.1) is 0 Å². The number of nitrogens with one attached hydrogen (secondary N) is 1. The van der Waals surface area contributed by atoms with Crippen LogP contribution in [-0.2, 0) is 24.1 Å². The SMILES string of the molecule is COc1ccccc1N1CCN([C@@H]2CCN(Cc3ccccc3)C[C@@H]2CCC(=O)NCc2cccc(C(F)(F)F)c2)CC1. The Bertz CT molecular complexity index is 1330. The van der Waals surface area contributed by atoms with Gasteiger partial charge in [0, 0.05) is 58.3 Å². The monoisotopic (exact) mass is 594 g/mol. The largest absolute Gasteiger partial charge is 0.495 e. The molecule has 0 bridgehead atoms. The van der Waals surface area contributed by atoms with E-state index >= 15 is 0 Å². The molecule has 2 heterocycles. The Morgan fingerprint density at radius 1 is 0.907 bits per heavy atom. The fourth-order valence-electron chi connectivity index (χ4n) is 6.49. The highest BCUT2D eigenvalue weighted by Crippen LogP contribution is 2.32. The summed E-state index contributed by atoms with van der Waals surface area (Å²) in [4.78, 5) is 20.3. The molecule has 43 heavy (non-hydrogen) atoms. The third kappa shape index (κ3) is 8.30. The number of carbonyl (C=O) groups excluding carboxylic acids is 1. The van der Waals surface area contributed by atoms with E-state index in [2.05, 4.69) is 50.3 Å². The number of halogens is 3. The Hall–Kier alpha value is -3.56. The molecule has 230 valence electrons. The number of methoxy groups -OCH3 is 1. The molecule has 3 aromatic rings. The summed E-state index contributed by atoms with van der Waals surface area (Å²) in [5.41, 5.74) is 2.15. The summed E-state index contributed by atoms with van der Waals surface area (Å²) in [6.07, 6.45) is -2.28. The summed E-state index contributed by atoms with van der Waals surface area (Å²) < 4.78 is 44.9. The molecule has 0 aliphatic carbocycles. The molecule has 0 radical (unpaired) electrons. The van der Waals surface area contributed by atoms with E-state index < -0.39 is 11.7 Å². The van der Waals surface area contributed by atoms with E-state index in [4.69, 9.17) is 4.74 Å². The number of alkyl halides is 3. The van der Waals surface area contributed by atoms with Crippen LogP contribution in [0.15, 0.2) is 78.9 Å². The second kappa shape index (κ2) is 14.3. The fraction of sp³-hybridized carbons (Fsp3) is 0.441.